The van der Waals surface area contributed by atoms with E-state index in [4.69, 9.17) is 0 Å². The van der Waals surface area contributed by atoms with Gasteiger partial charge in [-0.2, -0.15) is 0 Å². The van der Waals surface area contributed by atoms with E-state index in [1.165, 1.54) is 21.1 Å². The van der Waals surface area contributed by atoms with Gasteiger partial charge in [0.1, 0.15) is 5.56 Å². The van der Waals surface area contributed by atoms with E-state index in [1.807, 2.05) is 13.1 Å². The Bertz CT molecular complexity index is 1180. The van der Waals surface area contributed by atoms with Crippen molar-refractivity contribution >= 4 is 16.8 Å². The number of benzene rings is 1. The van der Waals surface area contributed by atoms with Gasteiger partial charge in [-0.25, -0.2) is 0 Å². The summed E-state index contributed by atoms with van der Waals surface area (Å²) in [4.78, 5) is 28.9. The highest BCUT2D eigenvalue weighted by Crippen LogP contribution is 2.37. The van der Waals surface area contributed by atoms with Crippen LogP contribution in [0.15, 0.2) is 35.3 Å². The number of nitrogens with one attached hydrogen (secondary N) is 3. The summed E-state index contributed by atoms with van der Waals surface area (Å²) in [5, 5.41) is 7.52. The lowest BCUT2D eigenvalue weighted by atomic mass is 9.88. The molecular formula is C26H34N4O2. The Balaban J connectivity index is 1.83. The van der Waals surface area contributed by atoms with Crippen molar-refractivity contribution in [3.8, 4) is 11.3 Å². The number of carbonyl (C=O) groups is 1. The third-order valence-corrected chi connectivity index (χ3v) is 6.50. The minimum Gasteiger partial charge on any atom is -0.354 e. The molecule has 6 heteroatoms. The molecule has 0 unspecified atom stereocenters. The highest BCUT2D eigenvalue weighted by Gasteiger charge is 2.22. The number of aryl methyl sites for hydroxylation is 1. The van der Waals surface area contributed by atoms with E-state index < -0.39 is 0 Å². The quantitative estimate of drug-likeness (QED) is 0.542. The molecule has 1 fully saturated rings. The number of hydrogen-bond donors (Lipinski definition) is 3. The monoisotopic (exact) mass is 434 g/mol. The molecule has 4 rings (SSSR count). The standard InChI is InChI=1S/C26H34N4O2/c1-5-10-28-25(31)21-14-19(15-30(4)26(21)32)24-23(16(2)3)20-13-18(6-7-22(20)29-24)17-8-11-27-12-9-17/h6-7,13-17,27,29H,5,8-12H2,1-4H3,(H,28,31). The van der Waals surface area contributed by atoms with Crippen LogP contribution in [0.2, 0.25) is 0 Å². The number of pyridine rings is 1. The molecule has 0 bridgehead atoms. The van der Waals surface area contributed by atoms with E-state index in [1.54, 1.807) is 13.1 Å². The van der Waals surface area contributed by atoms with Crippen LogP contribution in [0.25, 0.3) is 22.2 Å². The molecule has 1 amide bonds. The fourth-order valence-electron chi connectivity index (χ4n) is 4.81. The highest BCUT2D eigenvalue weighted by molar-refractivity contribution is 5.96. The predicted molar refractivity (Wildman–Crippen MR) is 131 cm³/mol. The van der Waals surface area contributed by atoms with Crippen LogP contribution in [-0.4, -0.2) is 35.1 Å². The number of H-pyrrole nitrogens is 1. The maximum Gasteiger partial charge on any atom is 0.263 e. The molecule has 1 aliphatic heterocycles. The Kier molecular flexibility index (Phi) is 6.51. The van der Waals surface area contributed by atoms with Crippen molar-refractivity contribution in [3.63, 3.8) is 0 Å². The number of carbonyl (C=O) groups excluding carboxylic acids is 1. The number of hydrogen-bond acceptors (Lipinski definition) is 3. The Morgan fingerprint density at radius 2 is 1.97 bits per heavy atom. The van der Waals surface area contributed by atoms with Crippen molar-refractivity contribution in [1.82, 2.24) is 20.2 Å². The van der Waals surface area contributed by atoms with Crippen molar-refractivity contribution in [2.45, 2.75) is 51.9 Å². The Labute approximate surface area is 189 Å². The first-order chi connectivity index (χ1) is 15.4. The van der Waals surface area contributed by atoms with Crippen LogP contribution in [0.5, 0.6) is 0 Å². The van der Waals surface area contributed by atoms with Crippen LogP contribution in [-0.2, 0) is 7.05 Å². The van der Waals surface area contributed by atoms with E-state index >= 15 is 0 Å². The van der Waals surface area contributed by atoms with Gasteiger partial charge >= 0.3 is 0 Å². The highest BCUT2D eigenvalue weighted by atomic mass is 16.2. The number of aromatic amines is 1. The number of nitrogens with zero attached hydrogens (tertiary/aromatic N) is 1. The molecule has 1 saturated heterocycles. The maximum absolute atomic E-state index is 12.7. The van der Waals surface area contributed by atoms with Gasteiger partial charge in [0.2, 0.25) is 0 Å². The zero-order valence-electron chi connectivity index (χ0n) is 19.5. The van der Waals surface area contributed by atoms with Gasteiger partial charge in [0.25, 0.3) is 11.5 Å². The first-order valence-electron chi connectivity index (χ1n) is 11.8. The molecule has 3 heterocycles. The molecule has 2 aromatic heterocycles. The summed E-state index contributed by atoms with van der Waals surface area (Å²) >= 11 is 0. The van der Waals surface area contributed by atoms with Crippen LogP contribution < -0.4 is 16.2 Å². The Morgan fingerprint density at radius 1 is 1.22 bits per heavy atom. The van der Waals surface area contributed by atoms with Gasteiger partial charge in [-0.3, -0.25) is 9.59 Å². The van der Waals surface area contributed by atoms with Crippen molar-refractivity contribution in [2.24, 2.45) is 7.05 Å². The largest absolute Gasteiger partial charge is 0.354 e. The Hall–Kier alpha value is -2.86. The Morgan fingerprint density at radius 3 is 2.66 bits per heavy atom. The van der Waals surface area contributed by atoms with E-state index in [9.17, 15) is 9.59 Å². The third kappa shape index (κ3) is 4.24. The number of rotatable bonds is 6. The van der Waals surface area contributed by atoms with Crippen LogP contribution >= 0.6 is 0 Å². The molecular weight excluding hydrogens is 400 g/mol. The minimum atomic E-state index is -0.315. The molecule has 0 atom stereocenters. The second-order valence-corrected chi connectivity index (χ2v) is 9.21. The second kappa shape index (κ2) is 9.33. The third-order valence-electron chi connectivity index (χ3n) is 6.50. The summed E-state index contributed by atoms with van der Waals surface area (Å²) in [7, 11) is 1.70. The molecule has 170 valence electrons. The van der Waals surface area contributed by atoms with Gasteiger partial charge < -0.3 is 20.2 Å². The molecule has 3 aromatic rings. The molecule has 0 spiro atoms. The van der Waals surface area contributed by atoms with Gasteiger partial charge in [0.05, 0.1) is 5.69 Å². The summed E-state index contributed by atoms with van der Waals surface area (Å²) in [6.45, 7) is 9.07. The van der Waals surface area contributed by atoms with Gasteiger partial charge in [0, 0.05) is 36.3 Å². The first-order valence-corrected chi connectivity index (χ1v) is 11.8. The zero-order valence-corrected chi connectivity index (χ0v) is 19.5. The normalized spacial score (nSPS) is 14.9. The number of amides is 1. The molecule has 6 nitrogen and oxygen atoms in total. The van der Waals surface area contributed by atoms with Gasteiger partial charge in [-0.15, -0.1) is 0 Å². The molecule has 0 saturated carbocycles. The summed E-state index contributed by atoms with van der Waals surface area (Å²) in [6, 6.07) is 8.50. The van der Waals surface area contributed by atoms with Gasteiger partial charge in [-0.1, -0.05) is 26.8 Å². The first kappa shape index (κ1) is 22.3. The summed E-state index contributed by atoms with van der Waals surface area (Å²) in [5.74, 6) is 0.562. The number of piperidine rings is 1. The van der Waals surface area contributed by atoms with E-state index in [0.29, 0.717) is 12.5 Å². The lowest BCUT2D eigenvalue weighted by Crippen LogP contribution is -2.32. The van der Waals surface area contributed by atoms with Crippen LogP contribution in [0.4, 0.5) is 0 Å². The SMILES string of the molecule is CCCNC(=O)c1cc(-c2[nH]c3ccc(C4CCNCC4)cc3c2C(C)C)cn(C)c1=O. The molecule has 0 aliphatic carbocycles. The fourth-order valence-corrected chi connectivity index (χ4v) is 4.81. The summed E-state index contributed by atoms with van der Waals surface area (Å²) < 4.78 is 1.51. The molecule has 1 aromatic carbocycles. The topological polar surface area (TPSA) is 78.9 Å². The van der Waals surface area contributed by atoms with E-state index in [-0.39, 0.29) is 22.9 Å². The van der Waals surface area contributed by atoms with E-state index in [2.05, 4.69) is 47.7 Å². The van der Waals surface area contributed by atoms with Crippen molar-refractivity contribution in [3.05, 3.63) is 57.5 Å². The van der Waals surface area contributed by atoms with Crippen LogP contribution in [0.1, 0.15) is 73.4 Å². The molecule has 3 N–H and O–H groups in total. The van der Waals surface area contributed by atoms with Crippen molar-refractivity contribution in [2.75, 3.05) is 19.6 Å². The van der Waals surface area contributed by atoms with Gasteiger partial charge in [-0.05, 0) is 73.5 Å². The van der Waals surface area contributed by atoms with Crippen LogP contribution in [0, 0.1) is 0 Å². The number of fused-ring (bicyclic) bond motifs is 1. The second-order valence-electron chi connectivity index (χ2n) is 9.21. The van der Waals surface area contributed by atoms with E-state index in [0.717, 1.165) is 49.1 Å². The number of aromatic nitrogens is 2. The summed E-state index contributed by atoms with van der Waals surface area (Å²) in [5.41, 5.74) is 5.46. The average Bonchev–Trinajstić information content (AvgIpc) is 3.18. The van der Waals surface area contributed by atoms with Crippen molar-refractivity contribution in [1.29, 1.82) is 0 Å². The van der Waals surface area contributed by atoms with Gasteiger partial charge in [0.15, 0.2) is 0 Å². The lowest BCUT2D eigenvalue weighted by Gasteiger charge is -2.23. The smallest absolute Gasteiger partial charge is 0.263 e. The molecule has 0 radical (unpaired) electrons. The predicted octanol–water partition coefficient (Wildman–Crippen LogP) is 4.26. The average molecular weight is 435 g/mol. The minimum absolute atomic E-state index is 0.183. The van der Waals surface area contributed by atoms with Crippen molar-refractivity contribution < 1.29 is 4.79 Å². The molecule has 1 aliphatic rings. The molecule has 32 heavy (non-hydrogen) atoms. The fraction of sp³-hybridized carbons (Fsp3) is 0.462. The summed E-state index contributed by atoms with van der Waals surface area (Å²) in [6.07, 6.45) is 4.97. The van der Waals surface area contributed by atoms with Crippen LogP contribution in [0.3, 0.4) is 0 Å². The zero-order chi connectivity index (χ0) is 22.8. The lowest BCUT2D eigenvalue weighted by molar-refractivity contribution is 0.0951. The maximum atomic E-state index is 12.7.